The number of amides is 3. The van der Waals surface area contributed by atoms with Gasteiger partial charge in [0, 0.05) is 7.05 Å². The first-order chi connectivity index (χ1) is 13.4. The predicted octanol–water partition coefficient (Wildman–Crippen LogP) is 3.46. The minimum atomic E-state index is -1.17. The molecule has 0 bridgehead atoms. The summed E-state index contributed by atoms with van der Waals surface area (Å²) in [6, 6.07) is 11.6. The monoisotopic (exact) mass is 375 g/mol. The number of anilines is 1. The lowest BCUT2D eigenvalue weighted by Crippen LogP contribution is -2.42. The van der Waals surface area contributed by atoms with Gasteiger partial charge in [-0.15, -0.1) is 0 Å². The van der Waals surface area contributed by atoms with Crippen LogP contribution in [0.15, 0.2) is 36.4 Å². The molecule has 1 N–H and O–H groups in total. The lowest BCUT2D eigenvalue weighted by molar-refractivity contribution is -0.124. The van der Waals surface area contributed by atoms with Crippen LogP contribution in [0.5, 0.6) is 5.75 Å². The molecule has 2 aromatic carbocycles. The Hall–Kier alpha value is -3.33. The fraction of sp³-hybridized carbons (Fsp3) is 0.318. The Morgan fingerprint density at radius 3 is 2.32 bits per heavy atom. The average molecular weight is 375 g/mol. The van der Waals surface area contributed by atoms with E-state index in [1.54, 1.807) is 38.2 Å². The van der Waals surface area contributed by atoms with Gasteiger partial charge < -0.3 is 10.0 Å². The molecule has 3 amide bonds. The summed E-state index contributed by atoms with van der Waals surface area (Å²) in [7, 11) is 1.61. The number of carbonyl (C=O) groups is 2. The number of phenols is 1. The molecule has 1 atom stereocenters. The topological polar surface area (TPSA) is 84.6 Å². The Balaban J connectivity index is 1.84. The van der Waals surface area contributed by atoms with Crippen molar-refractivity contribution < 1.29 is 14.7 Å². The lowest BCUT2D eigenvalue weighted by Gasteiger charge is -2.29. The van der Waals surface area contributed by atoms with Crippen molar-refractivity contribution in [1.82, 2.24) is 4.90 Å². The number of urea groups is 1. The van der Waals surface area contributed by atoms with E-state index in [0.29, 0.717) is 16.8 Å². The number of hydrogen-bond donors (Lipinski definition) is 1. The Morgan fingerprint density at radius 2 is 1.68 bits per heavy atom. The van der Waals surface area contributed by atoms with Crippen molar-refractivity contribution >= 4 is 17.6 Å². The maximum Gasteiger partial charge on any atom is 0.332 e. The molecule has 28 heavy (non-hydrogen) atoms. The number of nitriles is 1. The molecule has 1 aliphatic carbocycles. The maximum atomic E-state index is 13.5. The van der Waals surface area contributed by atoms with Gasteiger partial charge in [0.15, 0.2) is 0 Å². The molecule has 0 radical (unpaired) electrons. The van der Waals surface area contributed by atoms with Crippen molar-refractivity contribution in [2.24, 2.45) is 0 Å². The number of hydrogen-bond acceptors (Lipinski definition) is 4. The number of aromatic hydroxyl groups is 1. The third-order valence-electron chi connectivity index (χ3n) is 6.07. The molecule has 0 aromatic heterocycles. The Labute approximate surface area is 163 Å². The van der Waals surface area contributed by atoms with Crippen LogP contribution < -0.4 is 4.90 Å². The summed E-state index contributed by atoms with van der Waals surface area (Å²) in [6.07, 6.45) is 3.50. The first kappa shape index (κ1) is 18.1. The quantitative estimate of drug-likeness (QED) is 0.815. The van der Waals surface area contributed by atoms with E-state index in [1.807, 2.05) is 0 Å². The van der Waals surface area contributed by atoms with Gasteiger partial charge in [-0.05, 0) is 73.6 Å². The number of carbonyl (C=O) groups excluding carboxylic acids is 2. The molecule has 1 heterocycles. The predicted molar refractivity (Wildman–Crippen MR) is 104 cm³/mol. The van der Waals surface area contributed by atoms with Gasteiger partial charge >= 0.3 is 6.03 Å². The minimum absolute atomic E-state index is 0.102. The fourth-order valence-electron chi connectivity index (χ4n) is 4.27. The second-order valence-corrected chi connectivity index (χ2v) is 7.51. The summed E-state index contributed by atoms with van der Waals surface area (Å²) in [5.74, 6) is -0.229. The van der Waals surface area contributed by atoms with Crippen LogP contribution in [0.4, 0.5) is 10.5 Å². The smallest absolute Gasteiger partial charge is 0.332 e. The molecule has 1 fully saturated rings. The van der Waals surface area contributed by atoms with Crippen LogP contribution in [0.25, 0.3) is 0 Å². The number of phenolic OH excluding ortho intramolecular Hbond substituents is 1. The highest BCUT2D eigenvalue weighted by Crippen LogP contribution is 2.42. The summed E-state index contributed by atoms with van der Waals surface area (Å²) >= 11 is 0. The van der Waals surface area contributed by atoms with Gasteiger partial charge in [0.2, 0.25) is 0 Å². The normalized spacial score (nSPS) is 21.6. The van der Waals surface area contributed by atoms with Crippen molar-refractivity contribution in [1.29, 1.82) is 5.26 Å². The minimum Gasteiger partial charge on any atom is -0.508 e. The van der Waals surface area contributed by atoms with Gasteiger partial charge in [-0.3, -0.25) is 4.79 Å². The van der Waals surface area contributed by atoms with Crippen LogP contribution in [-0.4, -0.2) is 29.0 Å². The van der Waals surface area contributed by atoms with Crippen LogP contribution in [-0.2, 0) is 23.2 Å². The second kappa shape index (κ2) is 6.38. The van der Waals surface area contributed by atoms with Crippen LogP contribution >= 0.6 is 0 Å². The summed E-state index contributed by atoms with van der Waals surface area (Å²) in [5.41, 5.74) is 2.55. The van der Waals surface area contributed by atoms with E-state index < -0.39 is 11.6 Å². The van der Waals surface area contributed by atoms with E-state index in [1.165, 1.54) is 21.9 Å². The van der Waals surface area contributed by atoms with Crippen molar-refractivity contribution in [3.05, 3.63) is 58.7 Å². The van der Waals surface area contributed by atoms with Crippen molar-refractivity contribution in [3.63, 3.8) is 0 Å². The van der Waals surface area contributed by atoms with E-state index in [-0.39, 0.29) is 11.7 Å². The van der Waals surface area contributed by atoms with Gasteiger partial charge in [-0.2, -0.15) is 5.26 Å². The molecule has 1 saturated heterocycles. The molecule has 4 rings (SSSR count). The lowest BCUT2D eigenvalue weighted by atomic mass is 9.86. The van der Waals surface area contributed by atoms with Crippen LogP contribution in [0, 0.1) is 11.3 Å². The highest BCUT2D eigenvalue weighted by atomic mass is 16.3. The van der Waals surface area contributed by atoms with Crippen LogP contribution in [0.2, 0.25) is 0 Å². The SMILES string of the molecule is CN1C(=O)N(c2ccc(C#N)c3c2CCCC3)C(=O)C1(C)c1ccc(O)cc1. The Morgan fingerprint density at radius 1 is 1.04 bits per heavy atom. The summed E-state index contributed by atoms with van der Waals surface area (Å²) in [5, 5.41) is 19.0. The third kappa shape index (κ3) is 2.40. The van der Waals surface area contributed by atoms with Gasteiger partial charge in [-0.25, -0.2) is 9.69 Å². The van der Waals surface area contributed by atoms with Gasteiger partial charge in [-0.1, -0.05) is 12.1 Å². The molecule has 1 aliphatic heterocycles. The first-order valence-electron chi connectivity index (χ1n) is 9.36. The number of imide groups is 1. The number of fused-ring (bicyclic) bond motifs is 1. The molecular formula is C22H21N3O3. The summed E-state index contributed by atoms with van der Waals surface area (Å²) < 4.78 is 0. The number of benzene rings is 2. The number of likely N-dealkylation sites (N-methyl/N-ethyl adjacent to an activating group) is 1. The Bertz CT molecular complexity index is 1020. The van der Waals surface area contributed by atoms with E-state index in [0.717, 1.165) is 36.8 Å². The molecule has 2 aliphatic rings. The zero-order valence-corrected chi connectivity index (χ0v) is 15.9. The number of rotatable bonds is 2. The van der Waals surface area contributed by atoms with E-state index in [2.05, 4.69) is 6.07 Å². The molecule has 1 unspecified atom stereocenters. The molecule has 142 valence electrons. The second-order valence-electron chi connectivity index (χ2n) is 7.51. The van der Waals surface area contributed by atoms with E-state index in [9.17, 15) is 20.0 Å². The molecule has 0 spiro atoms. The molecule has 2 aromatic rings. The molecular weight excluding hydrogens is 354 g/mol. The largest absolute Gasteiger partial charge is 0.508 e. The summed E-state index contributed by atoms with van der Waals surface area (Å²) in [4.78, 5) is 29.3. The highest BCUT2D eigenvalue weighted by Gasteiger charge is 2.54. The standard InChI is InChI=1S/C22H21N3O3/c1-22(15-8-10-16(26)11-9-15)20(27)25(21(28)24(22)2)19-12-7-14(13-23)17-5-3-4-6-18(17)19/h7-12,26H,3-6H2,1-2H3. The molecule has 0 saturated carbocycles. The van der Waals surface area contributed by atoms with E-state index >= 15 is 0 Å². The fourth-order valence-corrected chi connectivity index (χ4v) is 4.27. The Kier molecular flexibility index (Phi) is 4.11. The van der Waals surface area contributed by atoms with Crippen LogP contribution in [0.3, 0.4) is 0 Å². The van der Waals surface area contributed by atoms with Crippen molar-refractivity contribution in [3.8, 4) is 11.8 Å². The van der Waals surface area contributed by atoms with E-state index in [4.69, 9.17) is 0 Å². The molecule has 6 heteroatoms. The first-order valence-corrected chi connectivity index (χ1v) is 9.36. The average Bonchev–Trinajstić information content (AvgIpc) is 2.89. The highest BCUT2D eigenvalue weighted by molar-refractivity contribution is 6.23. The van der Waals surface area contributed by atoms with Gasteiger partial charge in [0.1, 0.15) is 11.3 Å². The van der Waals surface area contributed by atoms with Crippen molar-refractivity contribution in [2.45, 2.75) is 38.1 Å². The van der Waals surface area contributed by atoms with Gasteiger partial charge in [0.25, 0.3) is 5.91 Å². The zero-order chi connectivity index (χ0) is 20.1. The molecule has 6 nitrogen and oxygen atoms in total. The maximum absolute atomic E-state index is 13.5. The number of nitrogens with zero attached hydrogens (tertiary/aromatic N) is 3. The van der Waals surface area contributed by atoms with Crippen molar-refractivity contribution in [2.75, 3.05) is 11.9 Å². The van der Waals surface area contributed by atoms with Gasteiger partial charge in [0.05, 0.1) is 17.3 Å². The zero-order valence-electron chi connectivity index (χ0n) is 15.9. The van der Waals surface area contributed by atoms with Crippen LogP contribution in [0.1, 0.15) is 42.0 Å². The third-order valence-corrected chi connectivity index (χ3v) is 6.07. The summed E-state index contributed by atoms with van der Waals surface area (Å²) in [6.45, 7) is 1.72.